The van der Waals surface area contributed by atoms with Crippen LogP contribution in [0.3, 0.4) is 0 Å². The van der Waals surface area contributed by atoms with Crippen LogP contribution in [-0.4, -0.2) is 49.1 Å². The first-order valence-electron chi connectivity index (χ1n) is 14.3. The van der Waals surface area contributed by atoms with Gasteiger partial charge in [-0.3, -0.25) is 9.59 Å². The predicted octanol–water partition coefficient (Wildman–Crippen LogP) is 6.44. The highest BCUT2D eigenvalue weighted by atomic mass is 19.1. The van der Waals surface area contributed by atoms with Crippen LogP contribution in [0.25, 0.3) is 22.4 Å². The van der Waals surface area contributed by atoms with Crippen molar-refractivity contribution in [2.45, 2.75) is 71.8 Å². The summed E-state index contributed by atoms with van der Waals surface area (Å²) in [5.41, 5.74) is 5.19. The average Bonchev–Trinajstić information content (AvgIpc) is 3.32. The number of halogens is 1. The SMILES string of the molecule is C.CC(C)c1c(C(=O)Nc2ccc(CO)cc2)c(-c2ccccc2)c(-c2ccc(F)cc2)n1CCC(O)CC(O)CC(=O)O. The standard InChI is InChI=1S/C34H37FN2O6.CH4/c1-21(2)32-31(34(43)36-26-14-8-22(20-38)9-15-26)30(23-6-4-3-5-7-23)33(24-10-12-25(35)13-11-24)37(32)17-16-27(39)18-28(40)19-29(41)42;/h3-15,21,27-28,38-40H,16-20H2,1-2H3,(H,36,43)(H,41,42);1H4. The summed E-state index contributed by atoms with van der Waals surface area (Å²) in [4.78, 5) is 25.1. The summed E-state index contributed by atoms with van der Waals surface area (Å²) in [6, 6.07) is 22.3. The molecule has 0 aliphatic rings. The molecule has 4 rings (SSSR count). The molecular weight excluding hydrogens is 563 g/mol. The van der Waals surface area contributed by atoms with E-state index in [1.807, 2.05) is 48.7 Å². The summed E-state index contributed by atoms with van der Waals surface area (Å²) in [5, 5.41) is 42.2. The number of aliphatic hydroxyl groups excluding tert-OH is 3. The molecule has 8 nitrogen and oxygen atoms in total. The largest absolute Gasteiger partial charge is 0.481 e. The third kappa shape index (κ3) is 8.19. The van der Waals surface area contributed by atoms with Crippen molar-refractivity contribution in [2.75, 3.05) is 5.32 Å². The van der Waals surface area contributed by atoms with E-state index in [0.29, 0.717) is 39.3 Å². The molecule has 0 fully saturated rings. The van der Waals surface area contributed by atoms with E-state index in [9.17, 15) is 29.3 Å². The van der Waals surface area contributed by atoms with Crippen LogP contribution in [0.15, 0.2) is 78.9 Å². The lowest BCUT2D eigenvalue weighted by Gasteiger charge is -2.20. The fourth-order valence-electron chi connectivity index (χ4n) is 5.38. The highest BCUT2D eigenvalue weighted by Gasteiger charge is 2.31. The summed E-state index contributed by atoms with van der Waals surface area (Å²) >= 11 is 0. The number of aromatic nitrogens is 1. The predicted molar refractivity (Wildman–Crippen MR) is 170 cm³/mol. The van der Waals surface area contributed by atoms with Crippen LogP contribution in [0.1, 0.15) is 68.1 Å². The van der Waals surface area contributed by atoms with Crippen molar-refractivity contribution in [1.82, 2.24) is 4.57 Å². The fourth-order valence-corrected chi connectivity index (χ4v) is 5.38. The Morgan fingerprint density at radius 2 is 1.52 bits per heavy atom. The molecule has 0 radical (unpaired) electrons. The number of hydrogen-bond acceptors (Lipinski definition) is 5. The van der Waals surface area contributed by atoms with Crippen LogP contribution in [0.2, 0.25) is 0 Å². The molecule has 0 saturated carbocycles. The highest BCUT2D eigenvalue weighted by molar-refractivity contribution is 6.12. The molecule has 1 amide bonds. The Kier molecular flexibility index (Phi) is 12.0. The summed E-state index contributed by atoms with van der Waals surface area (Å²) in [6.07, 6.45) is -2.60. The lowest BCUT2D eigenvalue weighted by molar-refractivity contribution is -0.139. The number of carboxylic acid groups (broad SMARTS) is 1. The van der Waals surface area contributed by atoms with Gasteiger partial charge in [0.2, 0.25) is 0 Å². The maximum atomic E-state index is 14.2. The zero-order valence-corrected chi connectivity index (χ0v) is 24.2. The molecule has 0 bridgehead atoms. The van der Waals surface area contributed by atoms with E-state index in [0.717, 1.165) is 5.56 Å². The lowest BCUT2D eigenvalue weighted by Crippen LogP contribution is -2.22. The number of carbonyl (C=O) groups is 2. The van der Waals surface area contributed by atoms with Crippen molar-refractivity contribution >= 4 is 17.6 Å². The number of nitrogens with zero attached hydrogens (tertiary/aromatic N) is 1. The average molecular weight is 605 g/mol. The first-order valence-corrected chi connectivity index (χ1v) is 14.3. The van der Waals surface area contributed by atoms with Crippen LogP contribution < -0.4 is 5.32 Å². The molecule has 234 valence electrons. The fraction of sp³-hybridized carbons (Fsp3) is 0.314. The minimum absolute atomic E-state index is 0. The second-order valence-electron chi connectivity index (χ2n) is 10.9. The number of amides is 1. The number of carbonyl (C=O) groups excluding carboxylic acids is 1. The maximum Gasteiger partial charge on any atom is 0.305 e. The quantitative estimate of drug-likeness (QED) is 0.119. The molecule has 4 aromatic rings. The first-order chi connectivity index (χ1) is 20.6. The van der Waals surface area contributed by atoms with E-state index < -0.39 is 30.4 Å². The smallest absolute Gasteiger partial charge is 0.305 e. The lowest BCUT2D eigenvalue weighted by atomic mass is 9.94. The van der Waals surface area contributed by atoms with Crippen molar-refractivity contribution in [1.29, 1.82) is 0 Å². The molecule has 0 aliphatic heterocycles. The second-order valence-corrected chi connectivity index (χ2v) is 10.9. The van der Waals surface area contributed by atoms with Crippen LogP contribution in [0.5, 0.6) is 0 Å². The Labute approximate surface area is 257 Å². The van der Waals surface area contributed by atoms with Gasteiger partial charge in [0.15, 0.2) is 0 Å². The Balaban J connectivity index is 0.00000529. The minimum Gasteiger partial charge on any atom is -0.481 e. The van der Waals surface area contributed by atoms with Gasteiger partial charge in [0.1, 0.15) is 5.82 Å². The van der Waals surface area contributed by atoms with Crippen molar-refractivity contribution in [2.24, 2.45) is 0 Å². The van der Waals surface area contributed by atoms with E-state index in [1.54, 1.807) is 36.4 Å². The number of aliphatic carboxylic acids is 1. The number of aliphatic hydroxyl groups is 3. The number of nitrogens with one attached hydrogen (secondary N) is 1. The van der Waals surface area contributed by atoms with Crippen LogP contribution >= 0.6 is 0 Å². The molecule has 1 aromatic heterocycles. The molecule has 3 aromatic carbocycles. The molecule has 0 aliphatic carbocycles. The van der Waals surface area contributed by atoms with Gasteiger partial charge in [-0.2, -0.15) is 0 Å². The molecule has 44 heavy (non-hydrogen) atoms. The van der Waals surface area contributed by atoms with E-state index in [2.05, 4.69) is 5.32 Å². The Hall–Kier alpha value is -4.31. The first kappa shape index (κ1) is 34.2. The molecule has 1 heterocycles. The summed E-state index contributed by atoms with van der Waals surface area (Å²) in [7, 11) is 0. The Morgan fingerprint density at radius 3 is 2.09 bits per heavy atom. The Bertz CT molecular complexity index is 1530. The molecule has 5 N–H and O–H groups in total. The van der Waals surface area contributed by atoms with E-state index in [-0.39, 0.29) is 45.2 Å². The monoisotopic (exact) mass is 604 g/mol. The maximum absolute atomic E-state index is 14.2. The van der Waals surface area contributed by atoms with Crippen molar-refractivity contribution in [3.63, 3.8) is 0 Å². The number of carboxylic acids is 1. The van der Waals surface area contributed by atoms with Crippen LogP contribution in [0, 0.1) is 5.82 Å². The number of anilines is 1. The second kappa shape index (κ2) is 15.4. The van der Waals surface area contributed by atoms with E-state index in [1.165, 1.54) is 12.1 Å². The molecule has 2 atom stereocenters. The summed E-state index contributed by atoms with van der Waals surface area (Å²) in [5.74, 6) is -2.05. The third-order valence-electron chi connectivity index (χ3n) is 7.29. The third-order valence-corrected chi connectivity index (χ3v) is 7.29. The minimum atomic E-state index is -1.20. The van der Waals surface area contributed by atoms with Crippen LogP contribution in [0.4, 0.5) is 10.1 Å². The number of hydrogen-bond donors (Lipinski definition) is 5. The van der Waals surface area contributed by atoms with Crippen molar-refractivity contribution < 1.29 is 34.4 Å². The zero-order valence-electron chi connectivity index (χ0n) is 24.2. The van der Waals surface area contributed by atoms with Crippen LogP contribution in [-0.2, 0) is 17.9 Å². The normalized spacial score (nSPS) is 12.4. The summed E-state index contributed by atoms with van der Waals surface area (Å²) in [6.45, 7) is 4.07. The van der Waals surface area contributed by atoms with Gasteiger partial charge in [-0.15, -0.1) is 0 Å². The van der Waals surface area contributed by atoms with E-state index in [4.69, 9.17) is 5.11 Å². The topological polar surface area (TPSA) is 132 Å². The molecule has 0 saturated heterocycles. The molecular formula is C35H41FN2O6. The highest BCUT2D eigenvalue weighted by Crippen LogP contribution is 2.42. The van der Waals surface area contributed by atoms with Gasteiger partial charge in [0.25, 0.3) is 5.91 Å². The zero-order chi connectivity index (χ0) is 31.1. The van der Waals surface area contributed by atoms with Gasteiger partial charge in [0.05, 0.1) is 36.5 Å². The number of rotatable bonds is 13. The molecule has 0 spiro atoms. The van der Waals surface area contributed by atoms with Crippen molar-refractivity contribution in [3.05, 3.63) is 102 Å². The van der Waals surface area contributed by atoms with Gasteiger partial charge in [-0.05, 0) is 71.8 Å². The molecule has 2 unspecified atom stereocenters. The van der Waals surface area contributed by atoms with Gasteiger partial charge < -0.3 is 30.3 Å². The van der Waals surface area contributed by atoms with Gasteiger partial charge in [0, 0.05) is 23.5 Å². The van der Waals surface area contributed by atoms with Gasteiger partial charge in [-0.25, -0.2) is 4.39 Å². The summed E-state index contributed by atoms with van der Waals surface area (Å²) < 4.78 is 16.0. The van der Waals surface area contributed by atoms with Gasteiger partial charge in [-0.1, -0.05) is 63.7 Å². The number of benzene rings is 3. The van der Waals surface area contributed by atoms with E-state index >= 15 is 0 Å². The van der Waals surface area contributed by atoms with Crippen molar-refractivity contribution in [3.8, 4) is 22.4 Å². The molecule has 9 heteroatoms. The van der Waals surface area contributed by atoms with Gasteiger partial charge >= 0.3 is 5.97 Å². The Morgan fingerprint density at radius 1 is 0.886 bits per heavy atom.